The number of piperidine rings is 1. The topological polar surface area (TPSA) is 50.5 Å². The lowest BCUT2D eigenvalue weighted by Gasteiger charge is -2.34. The summed E-state index contributed by atoms with van der Waals surface area (Å²) >= 11 is 0. The number of hydrogen-bond donors (Lipinski definition) is 2. The van der Waals surface area contributed by atoms with Crippen LogP contribution in [0.25, 0.3) is 0 Å². The minimum Gasteiger partial charge on any atom is -0.397 e. The smallest absolute Gasteiger partial charge is 0.123 e. The van der Waals surface area contributed by atoms with Crippen molar-refractivity contribution < 1.29 is 9.13 Å². The SMILES string of the molecule is Cl.Cl.Cl.Nc1ccccc1NC1CCN(CC2COC(c3ccc(F)cc3)C2)CC1. The first kappa shape index (κ1) is 26.8. The van der Waals surface area contributed by atoms with Crippen molar-refractivity contribution in [3.05, 3.63) is 59.9 Å². The van der Waals surface area contributed by atoms with E-state index in [4.69, 9.17) is 10.5 Å². The maximum Gasteiger partial charge on any atom is 0.123 e. The van der Waals surface area contributed by atoms with Crippen LogP contribution < -0.4 is 11.1 Å². The first-order valence-electron chi connectivity index (χ1n) is 9.88. The van der Waals surface area contributed by atoms with Gasteiger partial charge in [-0.3, -0.25) is 0 Å². The number of ether oxygens (including phenoxy) is 1. The predicted molar refractivity (Wildman–Crippen MR) is 129 cm³/mol. The van der Waals surface area contributed by atoms with E-state index < -0.39 is 0 Å². The van der Waals surface area contributed by atoms with Crippen LogP contribution in [0.5, 0.6) is 0 Å². The molecule has 2 saturated heterocycles. The monoisotopic (exact) mass is 477 g/mol. The number of rotatable bonds is 5. The summed E-state index contributed by atoms with van der Waals surface area (Å²) < 4.78 is 19.1. The molecule has 30 heavy (non-hydrogen) atoms. The van der Waals surface area contributed by atoms with Crippen molar-refractivity contribution in [3.63, 3.8) is 0 Å². The Balaban J connectivity index is 0.00000150. The van der Waals surface area contributed by atoms with E-state index in [1.54, 1.807) is 0 Å². The Morgan fingerprint density at radius 2 is 1.67 bits per heavy atom. The van der Waals surface area contributed by atoms with Crippen LogP contribution in [0.1, 0.15) is 30.9 Å². The number of para-hydroxylation sites is 2. The molecule has 4 rings (SSSR count). The molecule has 168 valence electrons. The Hall–Kier alpha value is -1.24. The van der Waals surface area contributed by atoms with Gasteiger partial charge in [-0.25, -0.2) is 4.39 Å². The molecule has 2 aliphatic heterocycles. The van der Waals surface area contributed by atoms with Gasteiger partial charge in [-0.05, 0) is 55.0 Å². The number of nitrogen functional groups attached to an aromatic ring is 1. The van der Waals surface area contributed by atoms with E-state index in [2.05, 4.69) is 10.2 Å². The lowest BCUT2D eigenvalue weighted by atomic mass is 9.98. The van der Waals surface area contributed by atoms with Crippen molar-refractivity contribution in [2.75, 3.05) is 37.3 Å². The van der Waals surface area contributed by atoms with Gasteiger partial charge in [0.05, 0.1) is 24.1 Å². The van der Waals surface area contributed by atoms with Gasteiger partial charge in [0.15, 0.2) is 0 Å². The standard InChI is InChI=1S/C22H28FN3O.3ClH/c23-18-7-5-17(6-8-18)22-13-16(15-27-22)14-26-11-9-19(10-12-26)25-21-4-2-1-3-20(21)24;;;/h1-8,16,19,22,25H,9-15,24H2;3*1H. The third-order valence-corrected chi connectivity index (χ3v) is 5.75. The lowest BCUT2D eigenvalue weighted by molar-refractivity contribution is 0.102. The number of halogens is 4. The summed E-state index contributed by atoms with van der Waals surface area (Å²) in [5.74, 6) is 0.358. The molecule has 0 spiro atoms. The van der Waals surface area contributed by atoms with E-state index >= 15 is 0 Å². The molecular weight excluding hydrogens is 448 g/mol. The maximum absolute atomic E-state index is 13.1. The summed E-state index contributed by atoms with van der Waals surface area (Å²) in [6.45, 7) is 4.07. The molecule has 2 aromatic carbocycles. The van der Waals surface area contributed by atoms with E-state index in [0.29, 0.717) is 12.0 Å². The zero-order valence-corrected chi connectivity index (χ0v) is 19.3. The van der Waals surface area contributed by atoms with Gasteiger partial charge in [0.25, 0.3) is 0 Å². The third kappa shape index (κ3) is 6.89. The highest BCUT2D eigenvalue weighted by atomic mass is 35.5. The van der Waals surface area contributed by atoms with Gasteiger partial charge < -0.3 is 20.7 Å². The van der Waals surface area contributed by atoms with Crippen LogP contribution in [0.3, 0.4) is 0 Å². The summed E-state index contributed by atoms with van der Waals surface area (Å²) in [5, 5.41) is 3.59. The minimum absolute atomic E-state index is 0. The quantitative estimate of drug-likeness (QED) is 0.571. The van der Waals surface area contributed by atoms with Gasteiger partial charge in [-0.1, -0.05) is 24.3 Å². The predicted octanol–water partition coefficient (Wildman–Crippen LogP) is 5.33. The maximum atomic E-state index is 13.1. The van der Waals surface area contributed by atoms with Gasteiger partial charge in [-0.2, -0.15) is 0 Å². The fourth-order valence-electron chi connectivity index (χ4n) is 4.20. The van der Waals surface area contributed by atoms with E-state index in [1.807, 2.05) is 36.4 Å². The molecule has 2 unspecified atom stereocenters. The molecule has 4 nitrogen and oxygen atoms in total. The number of nitrogens with one attached hydrogen (secondary N) is 1. The van der Waals surface area contributed by atoms with Crippen LogP contribution in [0.2, 0.25) is 0 Å². The number of benzene rings is 2. The summed E-state index contributed by atoms with van der Waals surface area (Å²) in [6.07, 6.45) is 3.38. The highest BCUT2D eigenvalue weighted by Crippen LogP contribution is 2.33. The molecule has 2 aromatic rings. The second kappa shape index (κ2) is 12.6. The highest BCUT2D eigenvalue weighted by molar-refractivity contribution is 5.86. The summed E-state index contributed by atoms with van der Waals surface area (Å²) in [5.41, 5.74) is 8.98. The van der Waals surface area contributed by atoms with Crippen molar-refractivity contribution >= 4 is 48.6 Å². The molecule has 0 amide bonds. The Bertz CT molecular complexity index is 758. The van der Waals surface area contributed by atoms with Crippen molar-refractivity contribution in [2.24, 2.45) is 5.92 Å². The Morgan fingerprint density at radius 3 is 2.33 bits per heavy atom. The van der Waals surface area contributed by atoms with Crippen LogP contribution in [0.15, 0.2) is 48.5 Å². The molecule has 0 saturated carbocycles. The van der Waals surface area contributed by atoms with Gasteiger partial charge in [-0.15, -0.1) is 37.2 Å². The molecule has 2 aliphatic rings. The van der Waals surface area contributed by atoms with Crippen molar-refractivity contribution in [1.82, 2.24) is 4.90 Å². The molecule has 2 fully saturated rings. The molecule has 0 radical (unpaired) electrons. The lowest BCUT2D eigenvalue weighted by Crippen LogP contribution is -2.41. The largest absolute Gasteiger partial charge is 0.397 e. The first-order valence-corrected chi connectivity index (χ1v) is 9.88. The normalized spacial score (nSPS) is 21.8. The van der Waals surface area contributed by atoms with Gasteiger partial charge in [0.2, 0.25) is 0 Å². The van der Waals surface area contributed by atoms with Crippen LogP contribution in [0.4, 0.5) is 15.8 Å². The molecular formula is C22H31Cl3FN3O. The fraction of sp³-hybridized carbons (Fsp3) is 0.455. The van der Waals surface area contributed by atoms with E-state index in [1.165, 1.54) is 12.1 Å². The Kier molecular flexibility index (Phi) is 11.2. The van der Waals surface area contributed by atoms with E-state index in [0.717, 1.165) is 62.4 Å². The number of hydrogen-bond acceptors (Lipinski definition) is 4. The zero-order valence-electron chi connectivity index (χ0n) is 16.8. The fourth-order valence-corrected chi connectivity index (χ4v) is 4.20. The molecule has 2 atom stereocenters. The summed E-state index contributed by atoms with van der Waals surface area (Å²) in [4.78, 5) is 2.55. The summed E-state index contributed by atoms with van der Waals surface area (Å²) in [7, 11) is 0. The van der Waals surface area contributed by atoms with Crippen LogP contribution in [0, 0.1) is 11.7 Å². The molecule has 8 heteroatoms. The number of nitrogens with zero attached hydrogens (tertiary/aromatic N) is 1. The van der Waals surface area contributed by atoms with Gasteiger partial charge >= 0.3 is 0 Å². The van der Waals surface area contributed by atoms with Gasteiger partial charge in [0, 0.05) is 25.7 Å². The average Bonchev–Trinajstić information content (AvgIpc) is 3.14. The Morgan fingerprint density at radius 1 is 1.00 bits per heavy atom. The zero-order chi connectivity index (χ0) is 18.6. The highest BCUT2D eigenvalue weighted by Gasteiger charge is 2.29. The molecule has 3 N–H and O–H groups in total. The molecule has 0 bridgehead atoms. The number of nitrogens with two attached hydrogens (primary N) is 1. The summed E-state index contributed by atoms with van der Waals surface area (Å²) in [6, 6.07) is 15.2. The Labute approximate surface area is 197 Å². The molecule has 0 aromatic heterocycles. The van der Waals surface area contributed by atoms with Crippen molar-refractivity contribution in [2.45, 2.75) is 31.4 Å². The second-order valence-electron chi connectivity index (χ2n) is 7.78. The average molecular weight is 479 g/mol. The second-order valence-corrected chi connectivity index (χ2v) is 7.78. The number of likely N-dealkylation sites (tertiary alicyclic amines) is 1. The number of anilines is 2. The van der Waals surface area contributed by atoms with E-state index in [9.17, 15) is 4.39 Å². The first-order chi connectivity index (χ1) is 13.2. The van der Waals surface area contributed by atoms with Crippen LogP contribution in [-0.4, -0.2) is 37.2 Å². The van der Waals surface area contributed by atoms with Crippen molar-refractivity contribution in [3.8, 4) is 0 Å². The van der Waals surface area contributed by atoms with Crippen LogP contribution in [-0.2, 0) is 4.74 Å². The molecule has 2 heterocycles. The van der Waals surface area contributed by atoms with E-state index in [-0.39, 0.29) is 49.1 Å². The van der Waals surface area contributed by atoms with Crippen molar-refractivity contribution in [1.29, 1.82) is 0 Å². The third-order valence-electron chi connectivity index (χ3n) is 5.75. The minimum atomic E-state index is -0.193. The van der Waals surface area contributed by atoms with Gasteiger partial charge in [0.1, 0.15) is 5.82 Å². The molecule has 0 aliphatic carbocycles. The van der Waals surface area contributed by atoms with Crippen LogP contribution >= 0.6 is 37.2 Å².